The van der Waals surface area contributed by atoms with Crippen LogP contribution in [0, 0.1) is 0 Å². The molecule has 1 aromatic rings. The lowest BCUT2D eigenvalue weighted by molar-refractivity contribution is 0.105. The third kappa shape index (κ3) is 3.33. The van der Waals surface area contributed by atoms with E-state index in [4.69, 9.17) is 0 Å². The number of benzene rings is 1. The van der Waals surface area contributed by atoms with E-state index in [2.05, 4.69) is 43.1 Å². The standard InChI is InChI=1S/C16H25NO/c1-3-13-8-10-14(11-9-13)16(18)12-17(2)15-6-4-5-7-15/h8-11,15-16,18H,3-7,12H2,1-2H3. The lowest BCUT2D eigenvalue weighted by atomic mass is 10.0. The van der Waals surface area contributed by atoms with Crippen molar-refractivity contribution in [3.63, 3.8) is 0 Å². The number of hydrogen-bond donors (Lipinski definition) is 1. The van der Waals surface area contributed by atoms with Crippen LogP contribution in [-0.2, 0) is 6.42 Å². The van der Waals surface area contributed by atoms with Crippen LogP contribution >= 0.6 is 0 Å². The highest BCUT2D eigenvalue weighted by molar-refractivity contribution is 5.24. The SMILES string of the molecule is CCc1ccc(C(O)CN(C)C2CCCC2)cc1. The number of likely N-dealkylation sites (N-methyl/N-ethyl adjacent to an activating group) is 1. The van der Waals surface area contributed by atoms with Crippen LogP contribution in [0.1, 0.15) is 49.8 Å². The number of aliphatic hydroxyl groups is 1. The molecule has 2 nitrogen and oxygen atoms in total. The molecule has 1 saturated carbocycles. The van der Waals surface area contributed by atoms with Crippen molar-refractivity contribution in [1.29, 1.82) is 0 Å². The zero-order valence-electron chi connectivity index (χ0n) is 11.6. The minimum Gasteiger partial charge on any atom is -0.387 e. The Labute approximate surface area is 111 Å². The summed E-state index contributed by atoms with van der Waals surface area (Å²) in [6, 6.07) is 9.04. The van der Waals surface area contributed by atoms with Gasteiger partial charge in [-0.1, -0.05) is 44.0 Å². The number of nitrogens with zero attached hydrogens (tertiary/aromatic N) is 1. The second-order valence-corrected chi connectivity index (χ2v) is 5.49. The summed E-state index contributed by atoms with van der Waals surface area (Å²) in [4.78, 5) is 2.32. The molecule has 1 fully saturated rings. The normalized spacial score (nSPS) is 18.4. The molecule has 0 saturated heterocycles. The maximum Gasteiger partial charge on any atom is 0.0916 e. The van der Waals surface area contributed by atoms with E-state index in [1.807, 2.05) is 0 Å². The molecule has 0 amide bonds. The smallest absolute Gasteiger partial charge is 0.0916 e. The highest BCUT2D eigenvalue weighted by Gasteiger charge is 2.21. The Bertz CT molecular complexity index is 354. The van der Waals surface area contributed by atoms with Gasteiger partial charge in [-0.2, -0.15) is 0 Å². The van der Waals surface area contributed by atoms with Gasteiger partial charge in [0.1, 0.15) is 0 Å². The first-order valence-corrected chi connectivity index (χ1v) is 7.18. The molecule has 1 unspecified atom stereocenters. The highest BCUT2D eigenvalue weighted by Crippen LogP contribution is 2.24. The van der Waals surface area contributed by atoms with E-state index in [0.29, 0.717) is 6.04 Å². The van der Waals surface area contributed by atoms with Crippen LogP contribution in [0.3, 0.4) is 0 Å². The number of aliphatic hydroxyl groups excluding tert-OH is 1. The molecule has 0 radical (unpaired) electrons. The van der Waals surface area contributed by atoms with Crippen LogP contribution in [0.25, 0.3) is 0 Å². The minimum atomic E-state index is -0.360. The second kappa shape index (κ2) is 6.35. The molecule has 1 aromatic carbocycles. The van der Waals surface area contributed by atoms with Crippen LogP contribution in [0.2, 0.25) is 0 Å². The van der Waals surface area contributed by atoms with Crippen LogP contribution in [0.5, 0.6) is 0 Å². The van der Waals surface area contributed by atoms with Gasteiger partial charge in [-0.3, -0.25) is 0 Å². The van der Waals surface area contributed by atoms with Gasteiger partial charge in [-0.25, -0.2) is 0 Å². The molecule has 1 aliphatic carbocycles. The summed E-state index contributed by atoms with van der Waals surface area (Å²) in [5, 5.41) is 10.3. The zero-order chi connectivity index (χ0) is 13.0. The van der Waals surface area contributed by atoms with Gasteiger partial charge in [0, 0.05) is 12.6 Å². The first-order valence-electron chi connectivity index (χ1n) is 7.18. The third-order valence-corrected chi connectivity index (χ3v) is 4.18. The summed E-state index contributed by atoms with van der Waals surface area (Å²) >= 11 is 0. The predicted octanol–water partition coefficient (Wildman–Crippen LogP) is 3.16. The van der Waals surface area contributed by atoms with E-state index < -0.39 is 0 Å². The quantitative estimate of drug-likeness (QED) is 0.864. The van der Waals surface area contributed by atoms with Crippen molar-refractivity contribution in [2.45, 2.75) is 51.2 Å². The maximum atomic E-state index is 10.3. The number of hydrogen-bond acceptors (Lipinski definition) is 2. The van der Waals surface area contributed by atoms with E-state index in [9.17, 15) is 5.11 Å². The van der Waals surface area contributed by atoms with Crippen LogP contribution < -0.4 is 0 Å². The molecular formula is C16H25NO. The molecule has 0 bridgehead atoms. The summed E-state index contributed by atoms with van der Waals surface area (Å²) in [5.41, 5.74) is 2.37. The third-order valence-electron chi connectivity index (χ3n) is 4.18. The number of rotatable bonds is 5. The first kappa shape index (κ1) is 13.6. The topological polar surface area (TPSA) is 23.5 Å². The molecule has 0 heterocycles. The van der Waals surface area contributed by atoms with E-state index in [-0.39, 0.29) is 6.10 Å². The van der Waals surface area contributed by atoms with Gasteiger partial charge in [0.25, 0.3) is 0 Å². The lowest BCUT2D eigenvalue weighted by Gasteiger charge is -2.26. The van der Waals surface area contributed by atoms with Gasteiger partial charge < -0.3 is 10.0 Å². The molecule has 0 spiro atoms. The largest absolute Gasteiger partial charge is 0.387 e. The van der Waals surface area contributed by atoms with Gasteiger partial charge in [-0.15, -0.1) is 0 Å². The molecule has 2 rings (SSSR count). The van der Waals surface area contributed by atoms with Gasteiger partial charge in [-0.05, 0) is 37.4 Å². The van der Waals surface area contributed by atoms with Gasteiger partial charge in [0.05, 0.1) is 6.10 Å². The van der Waals surface area contributed by atoms with Crippen LogP contribution in [0.4, 0.5) is 0 Å². The summed E-state index contributed by atoms with van der Waals surface area (Å²) in [6.45, 7) is 2.90. The fourth-order valence-corrected chi connectivity index (χ4v) is 2.85. The molecule has 1 N–H and O–H groups in total. The zero-order valence-corrected chi connectivity index (χ0v) is 11.6. The molecule has 0 aliphatic heterocycles. The van der Waals surface area contributed by atoms with Crippen LogP contribution in [0.15, 0.2) is 24.3 Å². The van der Waals surface area contributed by atoms with E-state index in [1.165, 1.54) is 31.2 Å². The summed E-state index contributed by atoms with van der Waals surface area (Å²) in [6.07, 6.45) is 5.96. The Morgan fingerprint density at radius 1 is 1.22 bits per heavy atom. The van der Waals surface area contributed by atoms with Crippen LogP contribution in [-0.4, -0.2) is 29.6 Å². The van der Waals surface area contributed by atoms with Gasteiger partial charge >= 0.3 is 0 Å². The second-order valence-electron chi connectivity index (χ2n) is 5.49. The maximum absolute atomic E-state index is 10.3. The lowest BCUT2D eigenvalue weighted by Crippen LogP contribution is -2.33. The molecule has 18 heavy (non-hydrogen) atoms. The monoisotopic (exact) mass is 247 g/mol. The molecule has 1 aliphatic rings. The van der Waals surface area contributed by atoms with Crippen molar-refractivity contribution in [1.82, 2.24) is 4.90 Å². The average molecular weight is 247 g/mol. The van der Waals surface area contributed by atoms with Crippen molar-refractivity contribution in [2.24, 2.45) is 0 Å². The summed E-state index contributed by atoms with van der Waals surface area (Å²) in [5.74, 6) is 0. The molecule has 1 atom stereocenters. The van der Waals surface area contributed by atoms with Crippen molar-refractivity contribution in [3.05, 3.63) is 35.4 Å². The average Bonchev–Trinajstić information content (AvgIpc) is 2.92. The van der Waals surface area contributed by atoms with Gasteiger partial charge in [0.2, 0.25) is 0 Å². The van der Waals surface area contributed by atoms with E-state index in [0.717, 1.165) is 18.5 Å². The fourth-order valence-electron chi connectivity index (χ4n) is 2.85. The number of aryl methyl sites for hydroxylation is 1. The molecule has 2 heteroatoms. The summed E-state index contributed by atoms with van der Waals surface area (Å²) in [7, 11) is 2.14. The Balaban J connectivity index is 1.91. The summed E-state index contributed by atoms with van der Waals surface area (Å²) < 4.78 is 0. The van der Waals surface area contributed by atoms with E-state index in [1.54, 1.807) is 0 Å². The predicted molar refractivity (Wildman–Crippen MR) is 75.7 cm³/mol. The molecule has 0 aromatic heterocycles. The Morgan fingerprint density at radius 2 is 1.83 bits per heavy atom. The van der Waals surface area contributed by atoms with Crippen molar-refractivity contribution in [2.75, 3.05) is 13.6 Å². The molecular weight excluding hydrogens is 222 g/mol. The fraction of sp³-hybridized carbons (Fsp3) is 0.625. The molecule has 100 valence electrons. The van der Waals surface area contributed by atoms with Crippen molar-refractivity contribution >= 4 is 0 Å². The van der Waals surface area contributed by atoms with Gasteiger partial charge in [0.15, 0.2) is 0 Å². The van der Waals surface area contributed by atoms with Crippen molar-refractivity contribution in [3.8, 4) is 0 Å². The Hall–Kier alpha value is -0.860. The van der Waals surface area contributed by atoms with Crippen molar-refractivity contribution < 1.29 is 5.11 Å². The Morgan fingerprint density at radius 3 is 2.39 bits per heavy atom. The first-order chi connectivity index (χ1) is 8.70. The highest BCUT2D eigenvalue weighted by atomic mass is 16.3. The van der Waals surface area contributed by atoms with E-state index >= 15 is 0 Å². The minimum absolute atomic E-state index is 0.360. The Kier molecular flexibility index (Phi) is 4.79.